The Morgan fingerprint density at radius 3 is 2.23 bits per heavy atom. The molecule has 0 aliphatic heterocycles. The summed E-state index contributed by atoms with van der Waals surface area (Å²) < 4.78 is 27.7. The molecule has 0 unspecified atom stereocenters. The molecule has 0 heterocycles. The second-order valence-electron chi connectivity index (χ2n) is 8.69. The van der Waals surface area contributed by atoms with Crippen LogP contribution in [-0.2, 0) is 14.8 Å². The van der Waals surface area contributed by atoms with Crippen molar-refractivity contribution in [3.63, 3.8) is 0 Å². The molecule has 0 spiro atoms. The number of nitrogens with one attached hydrogen (secondary N) is 1. The lowest BCUT2D eigenvalue weighted by molar-refractivity contribution is -0.119. The number of aryl methyl sites for hydroxylation is 1. The molecule has 1 rings (SSSR count). The van der Waals surface area contributed by atoms with Gasteiger partial charge in [0.1, 0.15) is 0 Å². The molecule has 0 saturated heterocycles. The summed E-state index contributed by atoms with van der Waals surface area (Å²) in [5, 5.41) is 14.2. The van der Waals surface area contributed by atoms with Crippen molar-refractivity contribution in [2.75, 3.05) is 7.05 Å². The zero-order valence-corrected chi connectivity index (χ0v) is 21.9. The molecular formula is C21H36N2O4S2Si. The number of rotatable bonds is 9. The van der Waals surface area contributed by atoms with E-state index in [1.165, 1.54) is 18.3 Å². The lowest BCUT2D eigenvalue weighted by Gasteiger charge is -2.27. The quantitative estimate of drug-likeness (QED) is 0.288. The topological polar surface area (TPSA) is 86.7 Å². The van der Waals surface area contributed by atoms with Crippen LogP contribution >= 0.6 is 11.4 Å². The molecule has 0 aliphatic carbocycles. The molecule has 170 valence electrons. The Kier molecular flexibility index (Phi) is 9.53. The first kappa shape index (κ1) is 26.6. The molecule has 2 N–H and O–H groups in total. The van der Waals surface area contributed by atoms with E-state index in [0.717, 1.165) is 12.0 Å². The van der Waals surface area contributed by atoms with Gasteiger partial charge in [0.05, 0.1) is 29.1 Å². The van der Waals surface area contributed by atoms with Crippen molar-refractivity contribution in [3.05, 3.63) is 40.6 Å². The van der Waals surface area contributed by atoms with Gasteiger partial charge in [-0.2, -0.15) is 0 Å². The maximum Gasteiger partial charge on any atom is 0.264 e. The molecule has 30 heavy (non-hydrogen) atoms. The Bertz CT molecular complexity index is 904. The maximum absolute atomic E-state index is 13.2. The van der Waals surface area contributed by atoms with Gasteiger partial charge in [-0.25, -0.2) is 8.42 Å². The van der Waals surface area contributed by atoms with Gasteiger partial charge in [-0.3, -0.25) is 9.10 Å². The fraction of sp³-hybridized carbons (Fsp3) is 0.524. The van der Waals surface area contributed by atoms with Crippen molar-refractivity contribution in [1.82, 2.24) is 9.62 Å². The molecule has 2 atom stereocenters. The van der Waals surface area contributed by atoms with Gasteiger partial charge in [0.25, 0.3) is 10.0 Å². The minimum Gasteiger partial charge on any atom is -0.357 e. The second-order valence-corrected chi connectivity index (χ2v) is 16.8. The van der Waals surface area contributed by atoms with E-state index in [9.17, 15) is 18.3 Å². The number of sulfonamides is 1. The average molecular weight is 473 g/mol. The SMILES string of the molecule is CC[C@@H](C)[C@H](NC(C)=O)/C(O)=[SH]/C(=C/[Si](C)(C)C)N(C)S(=O)(=O)c1ccc(C)cc1. The van der Waals surface area contributed by atoms with Crippen LogP contribution in [0.1, 0.15) is 32.8 Å². The number of aliphatic hydroxyl groups is 1. The molecule has 1 amide bonds. The molecule has 6 nitrogen and oxygen atoms in total. The third kappa shape index (κ3) is 7.68. The van der Waals surface area contributed by atoms with Crippen LogP contribution in [0.3, 0.4) is 0 Å². The van der Waals surface area contributed by atoms with E-state index in [0.29, 0.717) is 16.4 Å². The Hall–Kier alpha value is -1.42. The highest BCUT2D eigenvalue weighted by molar-refractivity contribution is 8.03. The Morgan fingerprint density at radius 2 is 1.80 bits per heavy atom. The van der Waals surface area contributed by atoms with Gasteiger partial charge in [-0.15, -0.1) is 11.4 Å². The third-order valence-corrected chi connectivity index (χ3v) is 9.11. The molecule has 0 aromatic heterocycles. The highest BCUT2D eigenvalue weighted by Gasteiger charge is 2.26. The summed E-state index contributed by atoms with van der Waals surface area (Å²) in [6.45, 7) is 13.5. The number of thiol groups is 1. The molecule has 0 bridgehead atoms. The van der Waals surface area contributed by atoms with Crippen molar-refractivity contribution < 1.29 is 18.3 Å². The molecule has 1 aromatic rings. The number of nitrogens with zero attached hydrogens (tertiary/aromatic N) is 1. The maximum atomic E-state index is 13.2. The molecule has 0 radical (unpaired) electrons. The van der Waals surface area contributed by atoms with E-state index in [-0.39, 0.29) is 21.8 Å². The molecule has 0 saturated carbocycles. The number of amides is 1. The van der Waals surface area contributed by atoms with Crippen LogP contribution in [0.5, 0.6) is 0 Å². The van der Waals surface area contributed by atoms with Crippen LogP contribution in [-0.4, -0.2) is 50.0 Å². The van der Waals surface area contributed by atoms with Crippen LogP contribution in [0.25, 0.3) is 0 Å². The van der Waals surface area contributed by atoms with Crippen LogP contribution in [0.15, 0.2) is 39.9 Å². The van der Waals surface area contributed by atoms with Crippen LogP contribution in [0.2, 0.25) is 19.6 Å². The summed E-state index contributed by atoms with van der Waals surface area (Å²) in [4.78, 5) is 11.8. The summed E-state index contributed by atoms with van der Waals surface area (Å²) in [5.41, 5.74) is 2.95. The number of aliphatic hydroxyl groups excluding tert-OH is 1. The smallest absolute Gasteiger partial charge is 0.264 e. The standard InChI is InChI=1S/C21H36N2O4S2Si/c1-9-16(3)20(22-17(4)24)21(25)28-19(14-30(6,7)8)23(5)29(26,27)18-12-10-15(2)11-13-18/h10-14,16,20,25,28H,9H2,1-8H3,(H,22,24)/b19-14+/t16-,20+/m1/s1. The minimum absolute atomic E-state index is 0.00791. The first-order valence-corrected chi connectivity index (χ1v) is 15.9. The highest BCUT2D eigenvalue weighted by atomic mass is 32.2. The average Bonchev–Trinajstić information content (AvgIpc) is 2.63. The first-order chi connectivity index (χ1) is 13.7. The van der Waals surface area contributed by atoms with E-state index in [4.69, 9.17) is 0 Å². The molecule has 0 aliphatic rings. The number of carbonyl (C=O) groups is 1. The fourth-order valence-electron chi connectivity index (χ4n) is 2.68. The van der Waals surface area contributed by atoms with Gasteiger partial charge in [0.15, 0.2) is 0 Å². The summed E-state index contributed by atoms with van der Waals surface area (Å²) in [6, 6.07) is 6.16. The van der Waals surface area contributed by atoms with E-state index in [1.54, 1.807) is 24.3 Å². The normalized spacial score (nSPS) is 15.8. The van der Waals surface area contributed by atoms with Gasteiger partial charge >= 0.3 is 0 Å². The summed E-state index contributed by atoms with van der Waals surface area (Å²) >= 11 is 0.371. The number of benzene rings is 1. The van der Waals surface area contributed by atoms with Gasteiger partial charge in [-0.1, -0.05) is 63.3 Å². The Morgan fingerprint density at radius 1 is 1.27 bits per heavy atom. The predicted molar refractivity (Wildman–Crippen MR) is 131 cm³/mol. The van der Waals surface area contributed by atoms with Crippen molar-refractivity contribution in [2.24, 2.45) is 5.92 Å². The Balaban J connectivity index is 3.49. The minimum atomic E-state index is -3.78. The monoisotopic (exact) mass is 472 g/mol. The van der Waals surface area contributed by atoms with E-state index in [1.807, 2.05) is 26.5 Å². The van der Waals surface area contributed by atoms with Crippen LogP contribution in [0, 0.1) is 12.8 Å². The van der Waals surface area contributed by atoms with Crippen molar-refractivity contribution >= 4 is 40.4 Å². The number of hydrogen-bond acceptors (Lipinski definition) is 3. The van der Waals surface area contributed by atoms with Crippen molar-refractivity contribution in [1.29, 1.82) is 0 Å². The van der Waals surface area contributed by atoms with E-state index >= 15 is 0 Å². The molecule has 0 fully saturated rings. The van der Waals surface area contributed by atoms with E-state index < -0.39 is 24.1 Å². The van der Waals surface area contributed by atoms with Crippen molar-refractivity contribution in [3.8, 4) is 0 Å². The van der Waals surface area contributed by atoms with Gasteiger partial charge in [0.2, 0.25) is 5.91 Å². The highest BCUT2D eigenvalue weighted by Crippen LogP contribution is 2.26. The lowest BCUT2D eigenvalue weighted by Crippen LogP contribution is -2.43. The molecule has 1 aromatic carbocycles. The van der Waals surface area contributed by atoms with Gasteiger partial charge in [-0.05, 0) is 25.0 Å². The van der Waals surface area contributed by atoms with Gasteiger partial charge < -0.3 is 10.4 Å². The molecular weight excluding hydrogens is 436 g/mol. The summed E-state index contributed by atoms with van der Waals surface area (Å²) in [5.74, 6) is -0.230. The number of hydrogen-bond donors (Lipinski definition) is 3. The predicted octanol–water partition coefficient (Wildman–Crippen LogP) is 4.04. The molecule has 9 heteroatoms. The summed E-state index contributed by atoms with van der Waals surface area (Å²) in [7, 11) is -4.09. The largest absolute Gasteiger partial charge is 0.357 e. The fourth-order valence-corrected chi connectivity index (χ4v) is 7.53. The van der Waals surface area contributed by atoms with Crippen LogP contribution in [0.4, 0.5) is 0 Å². The zero-order valence-electron chi connectivity index (χ0n) is 19.2. The van der Waals surface area contributed by atoms with Crippen molar-refractivity contribution in [2.45, 2.75) is 64.7 Å². The summed E-state index contributed by atoms with van der Waals surface area (Å²) in [6.07, 6.45) is 0.759. The second kappa shape index (κ2) is 10.7. The number of carbonyl (C=O) groups excluding carboxylic acids is 1. The first-order valence-electron chi connectivity index (χ1n) is 10.0. The van der Waals surface area contributed by atoms with Crippen LogP contribution < -0.4 is 5.32 Å². The third-order valence-electron chi connectivity index (χ3n) is 4.64. The zero-order chi connectivity index (χ0) is 23.3. The Labute approximate surface area is 186 Å². The lowest BCUT2D eigenvalue weighted by atomic mass is 10.00. The van der Waals surface area contributed by atoms with Gasteiger partial charge in [0, 0.05) is 14.0 Å². The van der Waals surface area contributed by atoms with E-state index in [2.05, 4.69) is 25.0 Å².